The van der Waals surface area contributed by atoms with Crippen LogP contribution in [0.1, 0.15) is 6.92 Å². The van der Waals surface area contributed by atoms with Crippen LogP contribution < -0.4 is 5.32 Å². The van der Waals surface area contributed by atoms with Crippen molar-refractivity contribution in [1.29, 1.82) is 0 Å². The third-order valence-electron chi connectivity index (χ3n) is 2.46. The van der Waals surface area contributed by atoms with Crippen molar-refractivity contribution in [3.63, 3.8) is 0 Å². The Kier molecular flexibility index (Phi) is 7.66. The van der Waals surface area contributed by atoms with Crippen LogP contribution in [-0.2, 0) is 18.1 Å². The van der Waals surface area contributed by atoms with Crippen molar-refractivity contribution in [3.05, 3.63) is 12.7 Å². The largest absolute Gasteiger partial charge is 0.407 e. The molecule has 0 aliphatic rings. The van der Waals surface area contributed by atoms with Crippen LogP contribution >= 0.6 is 0 Å². The highest BCUT2D eigenvalue weighted by Crippen LogP contribution is 2.29. The number of rotatable bonds is 9. The molecule has 136 valence electrons. The Morgan fingerprint density at radius 2 is 1.35 bits per heavy atom. The second kappa shape index (κ2) is 7.75. The molecule has 0 saturated carbocycles. The summed E-state index contributed by atoms with van der Waals surface area (Å²) in [6.45, 7) is 24.2. The maximum atomic E-state index is 12.1. The molecule has 1 atom stereocenters. The van der Waals surface area contributed by atoms with E-state index in [1.807, 2.05) is 6.92 Å². The summed E-state index contributed by atoms with van der Waals surface area (Å²) >= 11 is 0. The van der Waals surface area contributed by atoms with Crippen LogP contribution in [0.25, 0.3) is 0 Å². The molecule has 0 aliphatic heterocycles. The number of amides is 1. The Balaban J connectivity index is 5.89. The summed E-state index contributed by atoms with van der Waals surface area (Å²) in [4.78, 5) is 12.1. The number of hydrogen-bond donors (Lipinski definition) is 1. The molecule has 0 bridgehead atoms. The fourth-order valence-corrected chi connectivity index (χ4v) is 5.72. The first-order valence-electron chi connectivity index (χ1n) is 8.02. The predicted octanol–water partition coefficient (Wildman–Crippen LogP) is 3.89. The average Bonchev–Trinajstić information content (AvgIpc) is 2.21. The Bertz CT molecular complexity index is 406. The number of hydrogen-bond acceptors (Lipinski definition) is 4. The fraction of sp³-hybridized carbons (Fsp3) is 0.800. The van der Waals surface area contributed by atoms with Crippen molar-refractivity contribution < 1.29 is 18.1 Å². The zero-order valence-electron chi connectivity index (χ0n) is 16.5. The van der Waals surface area contributed by atoms with Gasteiger partial charge in [-0.15, -0.1) is 0 Å². The van der Waals surface area contributed by atoms with Gasteiger partial charge in [-0.25, -0.2) is 0 Å². The van der Waals surface area contributed by atoms with Crippen LogP contribution in [0.15, 0.2) is 12.7 Å². The second-order valence-corrected chi connectivity index (χ2v) is 22.0. The molecule has 0 spiro atoms. The summed E-state index contributed by atoms with van der Waals surface area (Å²) in [6, 6.07) is 0. The fourth-order valence-electron chi connectivity index (χ4n) is 2.08. The quantitative estimate of drug-likeness (QED) is 0.376. The summed E-state index contributed by atoms with van der Waals surface area (Å²) in [7, 11) is -5.90. The summed E-state index contributed by atoms with van der Waals surface area (Å²) in [5.41, 5.74) is 0. The van der Waals surface area contributed by atoms with E-state index in [4.69, 9.17) is 13.3 Å². The number of nitrogens with one attached hydrogen (secondary N) is 1. The molecule has 8 heteroatoms. The molecule has 0 aromatic carbocycles. The van der Waals surface area contributed by atoms with Crippen molar-refractivity contribution in [1.82, 2.24) is 5.32 Å². The molecule has 1 N–H and O–H groups in total. The smallest absolute Gasteiger partial charge is 0.259 e. The van der Waals surface area contributed by atoms with Gasteiger partial charge in [0.1, 0.15) is 6.10 Å². The second-order valence-electron chi connectivity index (χ2n) is 8.66. The minimum atomic E-state index is -2.03. The molecule has 5 nitrogen and oxygen atoms in total. The van der Waals surface area contributed by atoms with E-state index in [1.54, 1.807) is 0 Å². The van der Waals surface area contributed by atoms with Crippen LogP contribution in [0.3, 0.4) is 0 Å². The molecule has 23 heavy (non-hydrogen) atoms. The molecule has 0 aliphatic carbocycles. The molecule has 0 rings (SSSR count). The van der Waals surface area contributed by atoms with Crippen molar-refractivity contribution in [2.45, 2.75) is 77.9 Å². The highest BCUT2D eigenvalue weighted by molar-refractivity contribution is 6.71. The molecular weight excluding hydrogens is 342 g/mol. The first-order chi connectivity index (χ1) is 10.00. The van der Waals surface area contributed by atoms with Gasteiger partial charge in [0.25, 0.3) is 5.91 Å². The zero-order chi connectivity index (χ0) is 18.7. The molecule has 0 radical (unpaired) electrons. The molecule has 0 aromatic heterocycles. The van der Waals surface area contributed by atoms with Crippen molar-refractivity contribution in [2.24, 2.45) is 0 Å². The van der Waals surface area contributed by atoms with Gasteiger partial charge in [-0.2, -0.15) is 0 Å². The Labute approximate surface area is 145 Å². The SMILES string of the molecule is C=CC(=O)NC(O[Si](C)(C)C)(O[Si](C)(C)C)C(C)O[Si](C)(C)C. The molecule has 0 fully saturated rings. The molecule has 1 amide bonds. The maximum Gasteiger partial charge on any atom is 0.259 e. The van der Waals surface area contributed by atoms with Gasteiger partial charge in [-0.3, -0.25) is 4.79 Å². The summed E-state index contributed by atoms with van der Waals surface area (Å²) < 4.78 is 18.9. The standard InChI is InChI=1S/C15H35NO4Si3/c1-12-14(17)16-15(19-22(6,7)8,20-23(9,10)11)13(2)18-21(3,4)5/h12-13H,1H2,2-11H3,(H,16,17). The van der Waals surface area contributed by atoms with E-state index < -0.39 is 37.0 Å². The van der Waals surface area contributed by atoms with E-state index in [0.717, 1.165) is 0 Å². The molecule has 0 aromatic rings. The monoisotopic (exact) mass is 377 g/mol. The van der Waals surface area contributed by atoms with E-state index in [0.29, 0.717) is 0 Å². The minimum absolute atomic E-state index is 0.326. The lowest BCUT2D eigenvalue weighted by molar-refractivity contribution is -0.207. The first kappa shape index (κ1) is 22.7. The van der Waals surface area contributed by atoms with Gasteiger partial charge < -0.3 is 18.6 Å². The first-order valence-corrected chi connectivity index (χ1v) is 18.2. The third-order valence-corrected chi connectivity index (χ3v) is 5.36. The van der Waals surface area contributed by atoms with Gasteiger partial charge in [0.2, 0.25) is 5.91 Å². The molecule has 0 heterocycles. The third kappa shape index (κ3) is 9.58. The van der Waals surface area contributed by atoms with Crippen LogP contribution in [0.4, 0.5) is 0 Å². The van der Waals surface area contributed by atoms with Crippen molar-refractivity contribution in [3.8, 4) is 0 Å². The van der Waals surface area contributed by atoms with E-state index >= 15 is 0 Å². The van der Waals surface area contributed by atoms with Gasteiger partial charge in [0, 0.05) is 0 Å². The molecule has 1 unspecified atom stereocenters. The minimum Gasteiger partial charge on any atom is -0.407 e. The Morgan fingerprint density at radius 1 is 0.957 bits per heavy atom. The van der Waals surface area contributed by atoms with E-state index in [9.17, 15) is 4.79 Å². The van der Waals surface area contributed by atoms with Gasteiger partial charge in [-0.05, 0) is 71.9 Å². The Morgan fingerprint density at radius 3 is 1.61 bits per heavy atom. The van der Waals surface area contributed by atoms with E-state index in [-0.39, 0.29) is 5.91 Å². The normalized spacial score (nSPS) is 15.2. The number of carbonyl (C=O) groups is 1. The van der Waals surface area contributed by atoms with Crippen LogP contribution in [0.5, 0.6) is 0 Å². The van der Waals surface area contributed by atoms with Crippen LogP contribution in [0.2, 0.25) is 58.9 Å². The lowest BCUT2D eigenvalue weighted by atomic mass is 10.3. The van der Waals surface area contributed by atoms with E-state index in [1.165, 1.54) is 6.08 Å². The predicted molar refractivity (Wildman–Crippen MR) is 104 cm³/mol. The molecular formula is C15H35NO4Si3. The Hall–Kier alpha value is -0.259. The van der Waals surface area contributed by atoms with Gasteiger partial charge in [-0.1, -0.05) is 6.58 Å². The van der Waals surface area contributed by atoms with Crippen LogP contribution in [0, 0.1) is 0 Å². The van der Waals surface area contributed by atoms with Crippen molar-refractivity contribution >= 4 is 30.9 Å². The lowest BCUT2D eigenvalue weighted by Crippen LogP contribution is -2.67. The highest BCUT2D eigenvalue weighted by Gasteiger charge is 2.48. The molecule has 0 saturated heterocycles. The van der Waals surface area contributed by atoms with Gasteiger partial charge >= 0.3 is 0 Å². The average molecular weight is 378 g/mol. The maximum absolute atomic E-state index is 12.1. The van der Waals surface area contributed by atoms with Gasteiger partial charge in [0.15, 0.2) is 25.0 Å². The van der Waals surface area contributed by atoms with E-state index in [2.05, 4.69) is 70.8 Å². The zero-order valence-corrected chi connectivity index (χ0v) is 19.5. The summed E-state index contributed by atoms with van der Waals surface area (Å²) in [5.74, 6) is -1.60. The van der Waals surface area contributed by atoms with Crippen LogP contribution in [-0.4, -0.2) is 42.9 Å². The van der Waals surface area contributed by atoms with Gasteiger partial charge in [0.05, 0.1) is 0 Å². The summed E-state index contributed by atoms with van der Waals surface area (Å²) in [6.07, 6.45) is 0.813. The summed E-state index contributed by atoms with van der Waals surface area (Å²) in [5, 5.41) is 2.88. The van der Waals surface area contributed by atoms with Crippen molar-refractivity contribution in [2.75, 3.05) is 0 Å². The highest BCUT2D eigenvalue weighted by atomic mass is 28.4. The number of carbonyl (C=O) groups excluding carboxylic acids is 1. The topological polar surface area (TPSA) is 56.8 Å². The lowest BCUT2D eigenvalue weighted by Gasteiger charge is -2.47.